The second-order valence-electron chi connectivity index (χ2n) is 6.72. The topological polar surface area (TPSA) is 28.6 Å². The zero-order chi connectivity index (χ0) is 16.4. The first-order valence-electron chi connectivity index (χ1n) is 8.82. The SMILES string of the molecule is Cc1nc(CN2CCN(Cc3ccc([C@@H]4CCCO4)s3)CC2)cs1. The smallest absolute Gasteiger partial charge is 0.0917 e. The van der Waals surface area contributed by atoms with Gasteiger partial charge in [0.2, 0.25) is 0 Å². The second-order valence-corrected chi connectivity index (χ2v) is 8.98. The van der Waals surface area contributed by atoms with E-state index in [0.29, 0.717) is 6.10 Å². The number of nitrogens with zero attached hydrogens (tertiary/aromatic N) is 3. The van der Waals surface area contributed by atoms with Crippen LogP contribution in [0.2, 0.25) is 0 Å². The van der Waals surface area contributed by atoms with Gasteiger partial charge in [-0.2, -0.15) is 0 Å². The molecular weight excluding hydrogens is 338 g/mol. The molecule has 0 spiro atoms. The van der Waals surface area contributed by atoms with Crippen LogP contribution in [0.3, 0.4) is 0 Å². The Balaban J connectivity index is 1.25. The summed E-state index contributed by atoms with van der Waals surface area (Å²) < 4.78 is 5.80. The number of hydrogen-bond acceptors (Lipinski definition) is 6. The molecule has 0 bridgehead atoms. The van der Waals surface area contributed by atoms with Crippen LogP contribution in [-0.2, 0) is 17.8 Å². The summed E-state index contributed by atoms with van der Waals surface area (Å²) in [6.07, 6.45) is 2.76. The van der Waals surface area contributed by atoms with Crippen LogP contribution in [0.5, 0.6) is 0 Å². The Hall–Kier alpha value is -0.790. The van der Waals surface area contributed by atoms with E-state index in [1.54, 1.807) is 11.3 Å². The average molecular weight is 364 g/mol. The fourth-order valence-corrected chi connectivity index (χ4v) is 5.23. The lowest BCUT2D eigenvalue weighted by molar-refractivity contribution is 0.114. The Kier molecular flexibility index (Phi) is 5.29. The molecule has 2 aromatic heterocycles. The van der Waals surface area contributed by atoms with Crippen molar-refractivity contribution in [2.24, 2.45) is 0 Å². The van der Waals surface area contributed by atoms with Gasteiger partial charge in [-0.15, -0.1) is 22.7 Å². The molecule has 0 saturated carbocycles. The molecular formula is C18H25N3OS2. The Bertz CT molecular complexity index is 655. The van der Waals surface area contributed by atoms with Crippen molar-refractivity contribution in [2.75, 3.05) is 32.8 Å². The van der Waals surface area contributed by atoms with E-state index >= 15 is 0 Å². The highest BCUT2D eigenvalue weighted by atomic mass is 32.1. The first-order valence-corrected chi connectivity index (χ1v) is 10.5. The Morgan fingerprint density at radius 1 is 1.17 bits per heavy atom. The van der Waals surface area contributed by atoms with Crippen LogP contribution >= 0.6 is 22.7 Å². The molecule has 6 heteroatoms. The molecule has 2 aromatic rings. The summed E-state index contributed by atoms with van der Waals surface area (Å²) in [6, 6.07) is 4.57. The summed E-state index contributed by atoms with van der Waals surface area (Å²) in [7, 11) is 0. The third kappa shape index (κ3) is 4.06. The maximum absolute atomic E-state index is 5.80. The van der Waals surface area contributed by atoms with Gasteiger partial charge in [-0.3, -0.25) is 9.80 Å². The van der Waals surface area contributed by atoms with Crippen molar-refractivity contribution in [2.45, 2.75) is 39.0 Å². The van der Waals surface area contributed by atoms with Gasteiger partial charge in [0, 0.05) is 61.0 Å². The van der Waals surface area contributed by atoms with Crippen molar-refractivity contribution in [3.8, 4) is 0 Å². The van der Waals surface area contributed by atoms with Crippen molar-refractivity contribution in [3.63, 3.8) is 0 Å². The molecule has 130 valence electrons. The second kappa shape index (κ2) is 7.62. The van der Waals surface area contributed by atoms with Crippen LogP contribution in [0.25, 0.3) is 0 Å². The molecule has 4 heterocycles. The summed E-state index contributed by atoms with van der Waals surface area (Å²) in [5.41, 5.74) is 1.23. The zero-order valence-electron chi connectivity index (χ0n) is 14.2. The maximum Gasteiger partial charge on any atom is 0.0917 e. The number of hydrogen-bond donors (Lipinski definition) is 0. The molecule has 2 saturated heterocycles. The molecule has 2 aliphatic heterocycles. The molecule has 1 atom stereocenters. The molecule has 2 aliphatic rings. The number of thiazole rings is 1. The molecule has 0 amide bonds. The zero-order valence-corrected chi connectivity index (χ0v) is 15.9. The van der Waals surface area contributed by atoms with E-state index in [4.69, 9.17) is 4.74 Å². The van der Waals surface area contributed by atoms with Gasteiger partial charge in [-0.25, -0.2) is 4.98 Å². The highest BCUT2D eigenvalue weighted by Gasteiger charge is 2.21. The molecule has 4 rings (SSSR count). The fraction of sp³-hybridized carbons (Fsp3) is 0.611. The van der Waals surface area contributed by atoms with E-state index < -0.39 is 0 Å². The number of ether oxygens (including phenoxy) is 1. The molecule has 0 unspecified atom stereocenters. The van der Waals surface area contributed by atoms with Crippen molar-refractivity contribution in [1.29, 1.82) is 0 Å². The number of piperazine rings is 1. The van der Waals surface area contributed by atoms with E-state index in [1.165, 1.54) is 33.3 Å². The molecule has 4 nitrogen and oxygen atoms in total. The molecule has 0 aliphatic carbocycles. The quantitative estimate of drug-likeness (QED) is 0.810. The molecule has 0 N–H and O–H groups in total. The minimum absolute atomic E-state index is 0.363. The normalized spacial score (nSPS) is 23.1. The predicted molar refractivity (Wildman–Crippen MR) is 99.7 cm³/mol. The van der Waals surface area contributed by atoms with Gasteiger partial charge >= 0.3 is 0 Å². The van der Waals surface area contributed by atoms with Crippen molar-refractivity contribution in [3.05, 3.63) is 38.0 Å². The van der Waals surface area contributed by atoms with E-state index in [-0.39, 0.29) is 0 Å². The number of aromatic nitrogens is 1. The minimum atomic E-state index is 0.363. The van der Waals surface area contributed by atoms with E-state index in [0.717, 1.165) is 45.9 Å². The third-order valence-corrected chi connectivity index (χ3v) is 6.81. The van der Waals surface area contributed by atoms with Crippen LogP contribution in [-0.4, -0.2) is 47.6 Å². The molecule has 2 fully saturated rings. The Labute approximate surface area is 152 Å². The van der Waals surface area contributed by atoms with Gasteiger partial charge < -0.3 is 4.74 Å². The van der Waals surface area contributed by atoms with Gasteiger partial charge in [-0.05, 0) is 31.9 Å². The summed E-state index contributed by atoms with van der Waals surface area (Å²) in [6.45, 7) is 9.67. The van der Waals surface area contributed by atoms with Crippen LogP contribution in [0.4, 0.5) is 0 Å². The number of aryl methyl sites for hydroxylation is 1. The third-order valence-electron chi connectivity index (χ3n) is 4.83. The Morgan fingerprint density at radius 2 is 1.96 bits per heavy atom. The van der Waals surface area contributed by atoms with Gasteiger partial charge in [0.05, 0.1) is 16.8 Å². The fourth-order valence-electron chi connectivity index (χ4n) is 3.49. The predicted octanol–water partition coefficient (Wildman–Crippen LogP) is 3.68. The first-order chi connectivity index (χ1) is 11.8. The summed E-state index contributed by atoms with van der Waals surface area (Å²) in [5, 5.41) is 3.36. The largest absolute Gasteiger partial charge is 0.373 e. The average Bonchev–Trinajstić information content (AvgIpc) is 3.31. The van der Waals surface area contributed by atoms with E-state index in [9.17, 15) is 0 Å². The number of rotatable bonds is 5. The van der Waals surface area contributed by atoms with Crippen molar-refractivity contribution < 1.29 is 4.74 Å². The highest BCUT2D eigenvalue weighted by Crippen LogP contribution is 2.33. The van der Waals surface area contributed by atoms with Crippen molar-refractivity contribution >= 4 is 22.7 Å². The number of thiophene rings is 1. The Morgan fingerprint density at radius 3 is 2.62 bits per heavy atom. The summed E-state index contributed by atoms with van der Waals surface area (Å²) >= 11 is 3.69. The van der Waals surface area contributed by atoms with E-state index in [2.05, 4.69) is 39.2 Å². The minimum Gasteiger partial charge on any atom is -0.373 e. The van der Waals surface area contributed by atoms with Gasteiger partial charge in [0.25, 0.3) is 0 Å². The van der Waals surface area contributed by atoms with Crippen LogP contribution in [0.15, 0.2) is 17.5 Å². The standard InChI is InChI=1S/C18H25N3OS2/c1-14-19-15(13-23-14)11-20-6-8-21(9-7-20)12-16-4-5-18(24-16)17-3-2-10-22-17/h4-5,13,17H,2-3,6-12H2,1H3/t17-/m0/s1. The lowest BCUT2D eigenvalue weighted by Crippen LogP contribution is -2.45. The maximum atomic E-state index is 5.80. The van der Waals surface area contributed by atoms with Crippen LogP contribution < -0.4 is 0 Å². The lowest BCUT2D eigenvalue weighted by atomic mass is 10.2. The monoisotopic (exact) mass is 363 g/mol. The van der Waals surface area contributed by atoms with Crippen molar-refractivity contribution in [1.82, 2.24) is 14.8 Å². The molecule has 24 heavy (non-hydrogen) atoms. The summed E-state index contributed by atoms with van der Waals surface area (Å²) in [5.74, 6) is 0. The van der Waals surface area contributed by atoms with Gasteiger partial charge in [0.15, 0.2) is 0 Å². The van der Waals surface area contributed by atoms with E-state index in [1.807, 2.05) is 11.3 Å². The van der Waals surface area contributed by atoms with Crippen LogP contribution in [0, 0.1) is 6.92 Å². The van der Waals surface area contributed by atoms with Gasteiger partial charge in [-0.1, -0.05) is 0 Å². The first kappa shape index (κ1) is 16.7. The highest BCUT2D eigenvalue weighted by molar-refractivity contribution is 7.12. The summed E-state index contributed by atoms with van der Waals surface area (Å²) in [4.78, 5) is 12.6. The van der Waals surface area contributed by atoms with Crippen LogP contribution in [0.1, 0.15) is 39.4 Å². The van der Waals surface area contributed by atoms with Gasteiger partial charge in [0.1, 0.15) is 0 Å². The molecule has 0 aromatic carbocycles. The molecule has 0 radical (unpaired) electrons. The lowest BCUT2D eigenvalue weighted by Gasteiger charge is -2.34.